The minimum Gasteiger partial charge on any atom is -0.477 e. The number of hydrogen-bond donors (Lipinski definition) is 3. The van der Waals surface area contributed by atoms with Crippen LogP contribution in [0.15, 0.2) is 22.6 Å². The molecule has 37 heavy (non-hydrogen) atoms. The van der Waals surface area contributed by atoms with E-state index in [9.17, 15) is 19.5 Å². The summed E-state index contributed by atoms with van der Waals surface area (Å²) < 4.78 is 8.10. The summed E-state index contributed by atoms with van der Waals surface area (Å²) in [7, 11) is 1.98. The molecule has 2 atom stereocenters. The van der Waals surface area contributed by atoms with Crippen molar-refractivity contribution in [2.45, 2.75) is 50.6 Å². The van der Waals surface area contributed by atoms with E-state index in [0.29, 0.717) is 17.9 Å². The summed E-state index contributed by atoms with van der Waals surface area (Å²) in [4.78, 5) is 48.7. The molecule has 1 saturated heterocycles. The van der Waals surface area contributed by atoms with Gasteiger partial charge in [-0.15, -0.1) is 16.4 Å². The molecule has 0 aromatic carbocycles. The topological polar surface area (TPSA) is 169 Å². The van der Waals surface area contributed by atoms with E-state index < -0.39 is 29.2 Å². The first-order valence-electron chi connectivity index (χ1n) is 11.9. The quantitative estimate of drug-likeness (QED) is 0.175. The van der Waals surface area contributed by atoms with E-state index in [4.69, 9.17) is 10.6 Å². The van der Waals surface area contributed by atoms with E-state index >= 15 is 0 Å². The molecule has 13 nitrogen and oxygen atoms in total. The molecule has 3 aliphatic rings. The predicted octanol–water partition coefficient (Wildman–Crippen LogP) is -0.195. The van der Waals surface area contributed by atoms with Crippen LogP contribution >= 0.6 is 23.3 Å². The Kier molecular flexibility index (Phi) is 6.90. The van der Waals surface area contributed by atoms with Crippen molar-refractivity contribution >= 4 is 51.9 Å². The smallest absolute Gasteiger partial charge is 0.352 e. The normalized spacial score (nSPS) is 21.3. The van der Waals surface area contributed by atoms with Crippen LogP contribution in [0.5, 0.6) is 0 Å². The van der Waals surface area contributed by atoms with Crippen molar-refractivity contribution in [1.82, 2.24) is 24.3 Å². The summed E-state index contributed by atoms with van der Waals surface area (Å²) in [6.07, 6.45) is 6.39. The minimum atomic E-state index is -1.17. The molecule has 196 valence electrons. The second kappa shape index (κ2) is 10.1. The van der Waals surface area contributed by atoms with Crippen molar-refractivity contribution in [2.24, 2.45) is 12.2 Å². The summed E-state index contributed by atoms with van der Waals surface area (Å²) in [5, 5.41) is 16.1. The molecule has 0 radical (unpaired) electrons. The molecule has 1 fully saturated rings. The number of oxime groups is 1. The van der Waals surface area contributed by atoms with Gasteiger partial charge in [0.15, 0.2) is 17.9 Å². The SMILES string of the molecule is CCON=C(C(=O)NC1C(=O)N2C(C(=O)O)=C(C[n+]3cc4c(n3C)CCCC4)CS[C@H]12)c1nsc(N)n1. The molecule has 2 amide bonds. The number of nitrogen functional groups attached to an aromatic ring is 1. The van der Waals surface area contributed by atoms with E-state index in [1.165, 1.54) is 27.9 Å². The van der Waals surface area contributed by atoms with Gasteiger partial charge in [0.25, 0.3) is 11.8 Å². The Morgan fingerprint density at radius 3 is 2.84 bits per heavy atom. The van der Waals surface area contributed by atoms with Crippen molar-refractivity contribution in [3.05, 3.63) is 34.5 Å². The fraction of sp³-hybridized carbons (Fsp3) is 0.500. The van der Waals surface area contributed by atoms with E-state index in [0.717, 1.165) is 37.2 Å². The molecular weight excluding hydrogens is 520 g/mol. The largest absolute Gasteiger partial charge is 0.477 e. The zero-order valence-corrected chi connectivity index (χ0v) is 22.0. The molecule has 0 bridgehead atoms. The molecule has 4 N–H and O–H groups in total. The number of aliphatic carboxylic acids is 1. The maximum Gasteiger partial charge on any atom is 0.352 e. The van der Waals surface area contributed by atoms with Crippen molar-refractivity contribution in [3.63, 3.8) is 0 Å². The maximum atomic E-state index is 13.1. The van der Waals surface area contributed by atoms with Gasteiger partial charge in [-0.05, 0) is 32.6 Å². The molecule has 1 aliphatic carbocycles. The van der Waals surface area contributed by atoms with Crippen molar-refractivity contribution < 1.29 is 29.0 Å². The van der Waals surface area contributed by atoms with Gasteiger partial charge in [-0.2, -0.15) is 14.0 Å². The second-order valence-electron chi connectivity index (χ2n) is 8.86. The Labute approximate surface area is 220 Å². The number of fused-ring (bicyclic) bond motifs is 2. The lowest BCUT2D eigenvalue weighted by atomic mass is 9.98. The number of anilines is 1. The number of nitrogens with two attached hydrogens (primary N) is 1. The lowest BCUT2D eigenvalue weighted by Gasteiger charge is -2.49. The zero-order chi connectivity index (χ0) is 26.3. The Bertz CT molecular complexity index is 1330. The van der Waals surface area contributed by atoms with Gasteiger partial charge < -0.3 is 21.0 Å². The summed E-state index contributed by atoms with van der Waals surface area (Å²) in [5.74, 6) is -1.97. The molecule has 1 unspecified atom stereocenters. The standard InChI is InChI=1S/C22H26N8O5S2/c1-3-35-26-14(17-25-22(23)37-27-17)18(31)24-15-19(32)30-16(21(33)34)12(10-36-20(15)30)9-29-8-11-6-4-5-7-13(11)28(29)2/h8,15,20H,3-7,9-10H2,1-2H3,(H3-,23,24,25,27,31,33,34)/p+1/t15?,20-/m1/s1. The van der Waals surface area contributed by atoms with Crippen LogP contribution in [0, 0.1) is 0 Å². The first kappa shape index (κ1) is 25.2. The first-order chi connectivity index (χ1) is 17.8. The molecule has 0 spiro atoms. The minimum absolute atomic E-state index is 0.0101. The van der Waals surface area contributed by atoms with Crippen LogP contribution in [0.4, 0.5) is 5.13 Å². The van der Waals surface area contributed by atoms with Gasteiger partial charge >= 0.3 is 5.97 Å². The number of amides is 2. The van der Waals surface area contributed by atoms with Crippen LogP contribution in [0.2, 0.25) is 0 Å². The Balaban J connectivity index is 1.35. The molecule has 2 aliphatic heterocycles. The number of carbonyl (C=O) groups excluding carboxylic acids is 2. The van der Waals surface area contributed by atoms with Gasteiger partial charge in [0.2, 0.25) is 11.5 Å². The lowest BCUT2D eigenvalue weighted by molar-refractivity contribution is -0.767. The molecule has 2 aromatic rings. The maximum absolute atomic E-state index is 13.1. The Morgan fingerprint density at radius 1 is 1.38 bits per heavy atom. The van der Waals surface area contributed by atoms with Crippen LogP contribution in [0.25, 0.3) is 0 Å². The Hall–Kier alpha value is -3.46. The van der Waals surface area contributed by atoms with E-state index in [1.54, 1.807) is 6.92 Å². The molecular formula is C22H27N8O5S2+. The number of nitrogens with zero attached hydrogens (tertiary/aromatic N) is 6. The van der Waals surface area contributed by atoms with Gasteiger partial charge in [-0.3, -0.25) is 14.5 Å². The number of β-lactam (4-membered cyclic amide) rings is 1. The fourth-order valence-electron chi connectivity index (χ4n) is 4.85. The average molecular weight is 548 g/mol. The highest BCUT2D eigenvalue weighted by atomic mass is 32.2. The van der Waals surface area contributed by atoms with Gasteiger partial charge in [0.1, 0.15) is 23.7 Å². The third kappa shape index (κ3) is 4.56. The molecule has 0 saturated carbocycles. The zero-order valence-electron chi connectivity index (χ0n) is 20.3. The second-order valence-corrected chi connectivity index (χ2v) is 10.7. The van der Waals surface area contributed by atoms with Crippen LogP contribution in [0.1, 0.15) is 36.8 Å². The van der Waals surface area contributed by atoms with Crippen LogP contribution < -0.4 is 15.7 Å². The molecule has 15 heteroatoms. The number of carboxylic acids is 1. The van der Waals surface area contributed by atoms with Gasteiger partial charge in [0.05, 0.1) is 12.7 Å². The molecule has 4 heterocycles. The number of aromatic nitrogens is 4. The monoisotopic (exact) mass is 547 g/mol. The van der Waals surface area contributed by atoms with Gasteiger partial charge in [-0.25, -0.2) is 4.79 Å². The van der Waals surface area contributed by atoms with E-state index in [-0.39, 0.29) is 29.0 Å². The van der Waals surface area contributed by atoms with Crippen LogP contribution in [-0.2, 0) is 45.7 Å². The number of carboxylic acid groups (broad SMARTS) is 1. The van der Waals surface area contributed by atoms with E-state index in [1.807, 2.05) is 11.7 Å². The van der Waals surface area contributed by atoms with Crippen LogP contribution in [0.3, 0.4) is 0 Å². The third-order valence-corrected chi connectivity index (χ3v) is 8.49. The average Bonchev–Trinajstić information content (AvgIpc) is 3.45. The number of carbonyl (C=O) groups is 3. The summed E-state index contributed by atoms with van der Waals surface area (Å²) >= 11 is 2.31. The fourth-order valence-corrected chi connectivity index (χ4v) is 6.62. The number of nitrogens with one attached hydrogen (secondary N) is 1. The highest BCUT2D eigenvalue weighted by molar-refractivity contribution is 8.00. The van der Waals surface area contributed by atoms with Crippen molar-refractivity contribution in [1.29, 1.82) is 0 Å². The highest BCUT2D eigenvalue weighted by Gasteiger charge is 2.55. The predicted molar refractivity (Wildman–Crippen MR) is 134 cm³/mol. The molecule has 2 aromatic heterocycles. The number of aryl methyl sites for hydroxylation is 1. The summed E-state index contributed by atoms with van der Waals surface area (Å²) in [6, 6.07) is -0.925. The Morgan fingerprint density at radius 2 is 2.16 bits per heavy atom. The highest BCUT2D eigenvalue weighted by Crippen LogP contribution is 2.40. The summed E-state index contributed by atoms with van der Waals surface area (Å²) in [6.45, 7) is 2.28. The van der Waals surface area contributed by atoms with Gasteiger partial charge in [0, 0.05) is 28.4 Å². The lowest BCUT2D eigenvalue weighted by Crippen LogP contribution is -2.71. The van der Waals surface area contributed by atoms with Crippen molar-refractivity contribution in [2.75, 3.05) is 18.1 Å². The summed E-state index contributed by atoms with van der Waals surface area (Å²) in [5.41, 5.74) is 8.61. The number of rotatable bonds is 8. The molecule has 5 rings (SSSR count). The third-order valence-electron chi connectivity index (χ3n) is 6.60. The van der Waals surface area contributed by atoms with Crippen molar-refractivity contribution in [3.8, 4) is 0 Å². The number of hydrogen-bond acceptors (Lipinski definition) is 10. The van der Waals surface area contributed by atoms with Gasteiger partial charge in [-0.1, -0.05) is 5.16 Å². The van der Waals surface area contributed by atoms with E-state index in [2.05, 4.69) is 30.7 Å². The number of thioether (sulfide) groups is 1. The first-order valence-corrected chi connectivity index (χ1v) is 13.7. The van der Waals surface area contributed by atoms with Crippen LogP contribution in [-0.4, -0.2) is 71.3 Å².